The Morgan fingerprint density at radius 2 is 1.55 bits per heavy atom. The Hall–Kier alpha value is -5.57. The van der Waals surface area contributed by atoms with E-state index in [4.69, 9.17) is 4.74 Å². The van der Waals surface area contributed by atoms with Crippen molar-refractivity contribution in [1.82, 2.24) is 10.3 Å². The SMILES string of the molecule is CC(=O)Oc1c(CN2C(=O)c3ccccc3C2=O)cccc1C(=O)Nc1ccc(C2=NNC(c3ccccc3)C2)cc1. The zero-order chi connectivity index (χ0) is 29.2. The predicted molar refractivity (Wildman–Crippen MR) is 156 cm³/mol. The molecule has 6 rings (SSSR count). The molecule has 0 saturated carbocycles. The van der Waals surface area contributed by atoms with Gasteiger partial charge in [0.1, 0.15) is 5.75 Å². The van der Waals surface area contributed by atoms with Crippen LogP contribution in [0.5, 0.6) is 5.75 Å². The molecule has 9 heteroatoms. The van der Waals surface area contributed by atoms with Gasteiger partial charge in [0.25, 0.3) is 17.7 Å². The quantitative estimate of drug-likeness (QED) is 0.185. The van der Waals surface area contributed by atoms with Crippen LogP contribution in [0.15, 0.2) is 102 Å². The monoisotopic (exact) mass is 558 g/mol. The lowest BCUT2D eigenvalue weighted by Gasteiger charge is -2.18. The van der Waals surface area contributed by atoms with E-state index in [0.717, 1.165) is 28.2 Å². The van der Waals surface area contributed by atoms with E-state index >= 15 is 0 Å². The highest BCUT2D eigenvalue weighted by atomic mass is 16.5. The van der Waals surface area contributed by atoms with Crippen molar-refractivity contribution >= 4 is 35.1 Å². The van der Waals surface area contributed by atoms with Gasteiger partial charge < -0.3 is 15.5 Å². The van der Waals surface area contributed by atoms with Gasteiger partial charge in [-0.15, -0.1) is 0 Å². The Morgan fingerprint density at radius 3 is 2.21 bits per heavy atom. The summed E-state index contributed by atoms with van der Waals surface area (Å²) >= 11 is 0. The molecular weight excluding hydrogens is 532 g/mol. The fourth-order valence-electron chi connectivity index (χ4n) is 5.15. The summed E-state index contributed by atoms with van der Waals surface area (Å²) in [4.78, 5) is 52.3. The molecule has 4 aromatic carbocycles. The molecule has 2 aliphatic rings. The van der Waals surface area contributed by atoms with Crippen LogP contribution in [0.25, 0.3) is 0 Å². The number of ether oxygens (including phenoxy) is 1. The van der Waals surface area contributed by atoms with Crippen molar-refractivity contribution in [3.05, 3.63) is 130 Å². The molecule has 0 radical (unpaired) electrons. The van der Waals surface area contributed by atoms with Gasteiger partial charge >= 0.3 is 5.97 Å². The van der Waals surface area contributed by atoms with Gasteiger partial charge in [-0.3, -0.25) is 24.1 Å². The molecule has 9 nitrogen and oxygen atoms in total. The standard InChI is InChI=1S/C33H26N4O5/c1-20(38)42-30-23(19-37-32(40)25-11-5-6-12-26(25)33(37)41)10-7-13-27(30)31(39)34-24-16-14-22(15-17-24)29-18-28(35-36-29)21-8-3-2-4-9-21/h2-17,28,35H,18-19H2,1H3,(H,34,39). The van der Waals surface area contributed by atoms with Crippen molar-refractivity contribution in [3.63, 3.8) is 0 Å². The maximum atomic E-state index is 13.4. The Balaban J connectivity index is 1.19. The molecule has 0 fully saturated rings. The number of fused-ring (bicyclic) bond motifs is 1. The summed E-state index contributed by atoms with van der Waals surface area (Å²) in [6, 6.07) is 28.9. The van der Waals surface area contributed by atoms with E-state index in [2.05, 4.69) is 28.0 Å². The molecule has 0 aliphatic carbocycles. The number of amides is 3. The molecule has 2 N–H and O–H groups in total. The highest BCUT2D eigenvalue weighted by molar-refractivity contribution is 6.21. The first kappa shape index (κ1) is 26.6. The van der Waals surface area contributed by atoms with E-state index in [1.165, 1.54) is 13.0 Å². The highest BCUT2D eigenvalue weighted by Crippen LogP contribution is 2.31. The number of para-hydroxylation sites is 1. The summed E-state index contributed by atoms with van der Waals surface area (Å²) in [6.45, 7) is 1.06. The summed E-state index contributed by atoms with van der Waals surface area (Å²) in [5, 5.41) is 7.34. The van der Waals surface area contributed by atoms with Crippen molar-refractivity contribution < 1.29 is 23.9 Å². The molecule has 3 amide bonds. The number of hydrogen-bond acceptors (Lipinski definition) is 7. The van der Waals surface area contributed by atoms with E-state index in [0.29, 0.717) is 22.4 Å². The molecule has 0 saturated heterocycles. The second kappa shape index (κ2) is 11.1. The van der Waals surface area contributed by atoms with Crippen LogP contribution in [-0.4, -0.2) is 34.3 Å². The average Bonchev–Trinajstić information content (AvgIpc) is 3.59. The van der Waals surface area contributed by atoms with Crippen LogP contribution in [0.3, 0.4) is 0 Å². The van der Waals surface area contributed by atoms with E-state index in [-0.39, 0.29) is 23.9 Å². The van der Waals surface area contributed by atoms with Crippen molar-refractivity contribution in [2.75, 3.05) is 5.32 Å². The number of benzene rings is 4. The molecule has 0 spiro atoms. The Kier molecular flexibility index (Phi) is 7.06. The minimum Gasteiger partial charge on any atom is -0.426 e. The van der Waals surface area contributed by atoms with Gasteiger partial charge in [-0.1, -0.05) is 66.7 Å². The molecule has 0 bridgehead atoms. The van der Waals surface area contributed by atoms with Gasteiger partial charge in [0.05, 0.1) is 35.0 Å². The lowest BCUT2D eigenvalue weighted by atomic mass is 9.99. The summed E-state index contributed by atoms with van der Waals surface area (Å²) in [5.74, 6) is -2.04. The number of nitrogens with one attached hydrogen (secondary N) is 2. The third kappa shape index (κ3) is 5.15. The van der Waals surface area contributed by atoms with Crippen molar-refractivity contribution in [2.45, 2.75) is 25.9 Å². The molecular formula is C33H26N4O5. The predicted octanol–water partition coefficient (Wildman–Crippen LogP) is 5.10. The molecule has 0 aromatic heterocycles. The summed E-state index contributed by atoms with van der Waals surface area (Å²) in [7, 11) is 0. The summed E-state index contributed by atoms with van der Waals surface area (Å²) in [5.41, 5.74) is 7.79. The second-order valence-electron chi connectivity index (χ2n) is 10.0. The number of hydrazone groups is 1. The van der Waals surface area contributed by atoms with Crippen LogP contribution >= 0.6 is 0 Å². The van der Waals surface area contributed by atoms with Crippen molar-refractivity contribution in [1.29, 1.82) is 0 Å². The van der Waals surface area contributed by atoms with Crippen molar-refractivity contribution in [3.8, 4) is 5.75 Å². The number of carbonyl (C=O) groups excluding carboxylic acids is 4. The van der Waals surface area contributed by atoms with Crippen LogP contribution in [0.4, 0.5) is 5.69 Å². The third-order valence-electron chi connectivity index (χ3n) is 7.22. The lowest BCUT2D eigenvalue weighted by Crippen LogP contribution is -2.29. The molecule has 1 unspecified atom stereocenters. The number of hydrogen-bond donors (Lipinski definition) is 2. The van der Waals surface area contributed by atoms with Crippen molar-refractivity contribution in [2.24, 2.45) is 5.10 Å². The molecule has 4 aromatic rings. The van der Waals surface area contributed by atoms with Gasteiger partial charge in [0.2, 0.25) is 0 Å². The topological polar surface area (TPSA) is 117 Å². The van der Waals surface area contributed by atoms with E-state index in [9.17, 15) is 19.2 Å². The minimum absolute atomic E-state index is 0.00554. The molecule has 2 heterocycles. The highest BCUT2D eigenvalue weighted by Gasteiger charge is 2.36. The Bertz CT molecular complexity index is 1710. The van der Waals surface area contributed by atoms with Gasteiger partial charge in [-0.05, 0) is 41.5 Å². The minimum atomic E-state index is -0.636. The molecule has 1 atom stereocenters. The normalized spacial score (nSPS) is 15.6. The average molecular weight is 559 g/mol. The van der Waals surface area contributed by atoms with Crippen LogP contribution in [0.1, 0.15) is 67.2 Å². The summed E-state index contributed by atoms with van der Waals surface area (Å²) in [6.07, 6.45) is 0.737. The van der Waals surface area contributed by atoms with Crippen LogP contribution < -0.4 is 15.5 Å². The first-order valence-electron chi connectivity index (χ1n) is 13.4. The zero-order valence-corrected chi connectivity index (χ0v) is 22.7. The number of rotatable bonds is 7. The van der Waals surface area contributed by atoms with E-state index < -0.39 is 23.7 Å². The molecule has 42 heavy (non-hydrogen) atoms. The Labute approximate surface area is 241 Å². The second-order valence-corrected chi connectivity index (χ2v) is 10.0. The van der Waals surface area contributed by atoms with Gasteiger partial charge in [0.15, 0.2) is 0 Å². The van der Waals surface area contributed by atoms with Gasteiger partial charge in [0, 0.05) is 24.6 Å². The van der Waals surface area contributed by atoms with E-state index in [1.807, 2.05) is 30.3 Å². The van der Waals surface area contributed by atoms with E-state index in [1.54, 1.807) is 48.5 Å². The molecule has 208 valence electrons. The maximum Gasteiger partial charge on any atom is 0.308 e. The smallest absolute Gasteiger partial charge is 0.308 e. The first-order chi connectivity index (χ1) is 20.4. The number of nitrogens with zero attached hydrogens (tertiary/aromatic N) is 2. The van der Waals surface area contributed by atoms with Crippen LogP contribution in [0, 0.1) is 0 Å². The van der Waals surface area contributed by atoms with Crippen LogP contribution in [-0.2, 0) is 11.3 Å². The Morgan fingerprint density at radius 1 is 0.881 bits per heavy atom. The largest absolute Gasteiger partial charge is 0.426 e. The summed E-state index contributed by atoms with van der Waals surface area (Å²) < 4.78 is 5.45. The number of carbonyl (C=O) groups is 4. The fourth-order valence-corrected chi connectivity index (χ4v) is 5.15. The number of esters is 1. The number of anilines is 1. The van der Waals surface area contributed by atoms with Gasteiger partial charge in [-0.2, -0.15) is 5.10 Å². The maximum absolute atomic E-state index is 13.4. The van der Waals surface area contributed by atoms with Gasteiger partial charge in [-0.25, -0.2) is 0 Å². The first-order valence-corrected chi connectivity index (χ1v) is 13.4. The number of imide groups is 1. The fraction of sp³-hybridized carbons (Fsp3) is 0.121. The van der Waals surface area contributed by atoms with Crippen LogP contribution in [0.2, 0.25) is 0 Å². The lowest BCUT2D eigenvalue weighted by molar-refractivity contribution is -0.131. The third-order valence-corrected chi connectivity index (χ3v) is 7.22. The zero-order valence-electron chi connectivity index (χ0n) is 22.7. The molecule has 2 aliphatic heterocycles.